The van der Waals surface area contributed by atoms with Crippen LogP contribution in [0.3, 0.4) is 0 Å². The number of hydrogen-bond donors (Lipinski definition) is 1. The van der Waals surface area contributed by atoms with Crippen molar-refractivity contribution in [1.82, 2.24) is 10.1 Å². The molecule has 0 aliphatic carbocycles. The molecule has 0 saturated carbocycles. The maximum absolute atomic E-state index is 12.5. The Balaban J connectivity index is 1.33. The average molecular weight is 466 g/mol. The molecule has 1 N–H and O–H groups in total. The van der Waals surface area contributed by atoms with Crippen LogP contribution in [0.25, 0.3) is 22.8 Å². The van der Waals surface area contributed by atoms with Gasteiger partial charge in [0.25, 0.3) is 5.91 Å². The van der Waals surface area contributed by atoms with Gasteiger partial charge in [0.05, 0.1) is 35.2 Å². The van der Waals surface area contributed by atoms with Gasteiger partial charge in [-0.15, -0.1) is 0 Å². The van der Waals surface area contributed by atoms with E-state index >= 15 is 0 Å². The Morgan fingerprint density at radius 1 is 1.15 bits per heavy atom. The van der Waals surface area contributed by atoms with Crippen molar-refractivity contribution in [3.63, 3.8) is 0 Å². The Labute approximate surface area is 196 Å². The summed E-state index contributed by atoms with van der Waals surface area (Å²) in [7, 11) is 0. The van der Waals surface area contributed by atoms with Gasteiger partial charge in [0, 0.05) is 36.8 Å². The van der Waals surface area contributed by atoms with E-state index in [0.29, 0.717) is 28.7 Å². The van der Waals surface area contributed by atoms with Gasteiger partial charge in [0.15, 0.2) is 5.76 Å². The zero-order chi connectivity index (χ0) is 22.8. The number of morpholine rings is 1. The molecule has 1 saturated heterocycles. The van der Waals surface area contributed by atoms with Crippen LogP contribution >= 0.6 is 11.6 Å². The van der Waals surface area contributed by atoms with Gasteiger partial charge in [0.1, 0.15) is 12.4 Å². The molecule has 3 aromatic rings. The average Bonchev–Trinajstić information content (AvgIpc) is 3.36. The summed E-state index contributed by atoms with van der Waals surface area (Å²) in [5.74, 6) is 1.14. The van der Waals surface area contributed by atoms with Crippen molar-refractivity contribution in [1.29, 1.82) is 0 Å². The molecule has 1 amide bonds. The minimum absolute atomic E-state index is 0.198. The van der Waals surface area contributed by atoms with Gasteiger partial charge in [-0.05, 0) is 42.8 Å². The molecular weight excluding hydrogens is 442 g/mol. The second kappa shape index (κ2) is 9.39. The lowest BCUT2D eigenvalue weighted by Gasteiger charge is -2.26. The number of hydrogen-bond acceptors (Lipinski definition) is 6. The van der Waals surface area contributed by atoms with Crippen LogP contribution in [0.1, 0.15) is 17.0 Å². The van der Waals surface area contributed by atoms with Crippen LogP contribution in [0.5, 0.6) is 5.75 Å². The van der Waals surface area contributed by atoms with Crippen LogP contribution < -0.4 is 10.1 Å². The van der Waals surface area contributed by atoms with E-state index < -0.39 is 0 Å². The van der Waals surface area contributed by atoms with Gasteiger partial charge in [-0.2, -0.15) is 0 Å². The fraction of sp³-hybridized carbons (Fsp3) is 0.280. The van der Waals surface area contributed by atoms with E-state index in [4.69, 9.17) is 25.6 Å². The maximum atomic E-state index is 12.5. The van der Waals surface area contributed by atoms with Crippen molar-refractivity contribution in [2.45, 2.75) is 6.92 Å². The van der Waals surface area contributed by atoms with Crippen molar-refractivity contribution in [3.8, 4) is 16.9 Å². The molecule has 5 rings (SSSR count). The smallest absolute Gasteiger partial charge is 0.256 e. The first-order valence-electron chi connectivity index (χ1n) is 10.9. The molecule has 3 heterocycles. The molecule has 2 aliphatic rings. The number of anilines is 1. The van der Waals surface area contributed by atoms with Crippen LogP contribution in [-0.4, -0.2) is 55.4 Å². The second-order valence-corrected chi connectivity index (χ2v) is 8.49. The van der Waals surface area contributed by atoms with Crippen LogP contribution in [0, 0.1) is 6.92 Å². The molecule has 0 unspecified atom stereocenters. The predicted octanol–water partition coefficient (Wildman–Crippen LogP) is 4.51. The fourth-order valence-electron chi connectivity index (χ4n) is 4.02. The van der Waals surface area contributed by atoms with Crippen molar-refractivity contribution in [3.05, 3.63) is 64.5 Å². The number of rotatable bonds is 6. The summed E-state index contributed by atoms with van der Waals surface area (Å²) in [5.41, 5.74) is 4.51. The van der Waals surface area contributed by atoms with Crippen molar-refractivity contribution >= 4 is 34.8 Å². The number of aryl methyl sites for hydroxylation is 1. The molecule has 0 radical (unpaired) electrons. The van der Waals surface area contributed by atoms with Gasteiger partial charge in [-0.3, -0.25) is 9.69 Å². The number of carbonyl (C=O) groups is 1. The SMILES string of the molecule is Cc1cc(/C=C2\C(=O)Nc3cc(Cl)c(-c4ccc(OCCN5CCOCC5)cc4)cc32)on1. The Bertz CT molecular complexity index is 1200. The first-order chi connectivity index (χ1) is 16.1. The Morgan fingerprint density at radius 3 is 2.67 bits per heavy atom. The molecule has 0 bridgehead atoms. The summed E-state index contributed by atoms with van der Waals surface area (Å²) < 4.78 is 16.5. The number of carbonyl (C=O) groups excluding carboxylic acids is 1. The van der Waals surface area contributed by atoms with Crippen LogP contribution in [0.4, 0.5) is 5.69 Å². The Kier molecular flexibility index (Phi) is 6.17. The van der Waals surface area contributed by atoms with Crippen molar-refractivity contribution in [2.75, 3.05) is 44.8 Å². The Morgan fingerprint density at radius 2 is 1.94 bits per heavy atom. The summed E-state index contributed by atoms with van der Waals surface area (Å²) in [4.78, 5) is 14.9. The highest BCUT2D eigenvalue weighted by Crippen LogP contribution is 2.40. The first-order valence-corrected chi connectivity index (χ1v) is 11.3. The maximum Gasteiger partial charge on any atom is 0.256 e. The lowest BCUT2D eigenvalue weighted by atomic mass is 9.98. The lowest BCUT2D eigenvalue weighted by Crippen LogP contribution is -2.38. The highest BCUT2D eigenvalue weighted by Gasteiger charge is 2.26. The van der Waals surface area contributed by atoms with E-state index in [0.717, 1.165) is 61.0 Å². The summed E-state index contributed by atoms with van der Waals surface area (Å²) in [5, 5.41) is 7.31. The number of fused-ring (bicyclic) bond motifs is 1. The minimum Gasteiger partial charge on any atom is -0.492 e. The molecule has 7 nitrogen and oxygen atoms in total. The predicted molar refractivity (Wildman–Crippen MR) is 127 cm³/mol. The van der Waals surface area contributed by atoms with Gasteiger partial charge in [0.2, 0.25) is 0 Å². The van der Waals surface area contributed by atoms with E-state index in [1.807, 2.05) is 37.3 Å². The van der Waals surface area contributed by atoms with Crippen molar-refractivity contribution < 1.29 is 18.8 Å². The number of nitrogens with zero attached hydrogens (tertiary/aromatic N) is 2. The van der Waals surface area contributed by atoms with Gasteiger partial charge in [-0.25, -0.2) is 0 Å². The lowest BCUT2D eigenvalue weighted by molar-refractivity contribution is -0.110. The summed E-state index contributed by atoms with van der Waals surface area (Å²) >= 11 is 6.56. The van der Waals surface area contributed by atoms with E-state index in [1.54, 1.807) is 18.2 Å². The molecule has 1 aromatic heterocycles. The van der Waals surface area contributed by atoms with Gasteiger partial charge >= 0.3 is 0 Å². The molecule has 0 atom stereocenters. The number of benzene rings is 2. The van der Waals surface area contributed by atoms with E-state index in [1.165, 1.54) is 0 Å². The summed E-state index contributed by atoms with van der Waals surface area (Å²) in [6.45, 7) is 6.80. The third-order valence-electron chi connectivity index (χ3n) is 5.77. The van der Waals surface area contributed by atoms with E-state index in [2.05, 4.69) is 15.4 Å². The molecule has 2 aromatic carbocycles. The number of ether oxygens (including phenoxy) is 2. The standard InChI is InChI=1S/C25H24ClN3O4/c1-16-12-19(33-28-16)13-22-21-14-20(23(26)15-24(21)27-25(22)30)17-2-4-18(5-3-17)32-11-8-29-6-9-31-10-7-29/h2-5,12-15H,6-11H2,1H3,(H,27,30)/b22-13-. The third kappa shape index (κ3) is 4.80. The Hall–Kier alpha value is -3.13. The van der Waals surface area contributed by atoms with E-state index in [9.17, 15) is 4.79 Å². The molecule has 1 fully saturated rings. The number of aromatic nitrogens is 1. The molecule has 0 spiro atoms. The molecular formula is C25H24ClN3O4. The molecule has 2 aliphatic heterocycles. The zero-order valence-electron chi connectivity index (χ0n) is 18.3. The van der Waals surface area contributed by atoms with Crippen molar-refractivity contribution in [2.24, 2.45) is 0 Å². The highest BCUT2D eigenvalue weighted by atomic mass is 35.5. The highest BCUT2D eigenvalue weighted by molar-refractivity contribution is 6.38. The van der Waals surface area contributed by atoms with Gasteiger partial charge in [-0.1, -0.05) is 28.9 Å². The molecule has 170 valence electrons. The number of halogens is 1. The van der Waals surface area contributed by atoms with Crippen LogP contribution in [0.2, 0.25) is 5.02 Å². The fourth-order valence-corrected chi connectivity index (χ4v) is 4.29. The van der Waals surface area contributed by atoms with E-state index in [-0.39, 0.29) is 5.91 Å². The zero-order valence-corrected chi connectivity index (χ0v) is 19.0. The largest absolute Gasteiger partial charge is 0.492 e. The number of nitrogens with one attached hydrogen (secondary N) is 1. The third-order valence-corrected chi connectivity index (χ3v) is 6.08. The normalized spacial score (nSPS) is 17.3. The quantitative estimate of drug-likeness (QED) is 0.540. The number of amides is 1. The second-order valence-electron chi connectivity index (χ2n) is 8.09. The molecule has 8 heteroatoms. The van der Waals surface area contributed by atoms with Crippen LogP contribution in [-0.2, 0) is 9.53 Å². The monoisotopic (exact) mass is 465 g/mol. The summed E-state index contributed by atoms with van der Waals surface area (Å²) in [6, 6.07) is 13.3. The van der Waals surface area contributed by atoms with Gasteiger partial charge < -0.3 is 19.3 Å². The molecule has 33 heavy (non-hydrogen) atoms. The minimum atomic E-state index is -0.198. The van der Waals surface area contributed by atoms with Crippen LogP contribution in [0.15, 0.2) is 47.0 Å². The first kappa shape index (κ1) is 21.7. The summed E-state index contributed by atoms with van der Waals surface area (Å²) in [6.07, 6.45) is 1.70. The topological polar surface area (TPSA) is 76.8 Å².